The maximum Gasteiger partial charge on any atom is 0.134 e. The summed E-state index contributed by atoms with van der Waals surface area (Å²) in [5, 5.41) is 13.0. The molecule has 2 nitrogen and oxygen atoms in total. The summed E-state index contributed by atoms with van der Waals surface area (Å²) in [6, 6.07) is 5.46. The predicted molar refractivity (Wildman–Crippen MR) is 53.3 cm³/mol. The molecule has 0 radical (unpaired) electrons. The van der Waals surface area contributed by atoms with Gasteiger partial charge in [-0.3, -0.25) is 0 Å². The summed E-state index contributed by atoms with van der Waals surface area (Å²) in [5.41, 5.74) is 1.22. The van der Waals surface area contributed by atoms with Crippen LogP contribution in [0.5, 0.6) is 5.75 Å². The van der Waals surface area contributed by atoms with Gasteiger partial charge in [-0.25, -0.2) is 0 Å². The molecule has 3 heteroatoms. The van der Waals surface area contributed by atoms with E-state index in [1.165, 1.54) is 5.56 Å². The number of rotatable bonds is 1. The van der Waals surface area contributed by atoms with Gasteiger partial charge in [-0.05, 0) is 36.6 Å². The smallest absolute Gasteiger partial charge is 0.134 e. The molecule has 0 aliphatic carbocycles. The topological polar surface area (TPSA) is 32.3 Å². The summed E-state index contributed by atoms with van der Waals surface area (Å²) in [4.78, 5) is 0. The second kappa shape index (κ2) is 3.56. The molecular weight excluding hydrogens is 186 g/mol. The Kier molecular flexibility index (Phi) is 2.42. The van der Waals surface area contributed by atoms with Crippen molar-refractivity contribution < 1.29 is 5.11 Å². The van der Waals surface area contributed by atoms with Crippen LogP contribution in [0.4, 0.5) is 0 Å². The van der Waals surface area contributed by atoms with E-state index in [1.807, 2.05) is 12.1 Å². The van der Waals surface area contributed by atoms with E-state index in [9.17, 15) is 5.11 Å². The minimum Gasteiger partial charge on any atom is -0.506 e. The van der Waals surface area contributed by atoms with Gasteiger partial charge in [0.25, 0.3) is 0 Å². The van der Waals surface area contributed by atoms with Crippen molar-refractivity contribution in [1.29, 1.82) is 0 Å². The Morgan fingerprint density at radius 3 is 2.92 bits per heavy atom. The zero-order valence-electron chi connectivity index (χ0n) is 7.26. The molecule has 1 atom stereocenters. The van der Waals surface area contributed by atoms with Gasteiger partial charge in [0.2, 0.25) is 0 Å². The molecule has 2 N–H and O–H groups in total. The summed E-state index contributed by atoms with van der Waals surface area (Å²) in [5.74, 6) is 0.717. The van der Waals surface area contributed by atoms with Gasteiger partial charge < -0.3 is 10.4 Å². The number of nitrogens with one attached hydrogen (secondary N) is 1. The lowest BCUT2D eigenvalue weighted by Crippen LogP contribution is -2.07. The van der Waals surface area contributed by atoms with E-state index in [4.69, 9.17) is 11.6 Å². The van der Waals surface area contributed by atoms with Crippen LogP contribution < -0.4 is 5.32 Å². The minimum absolute atomic E-state index is 0.163. The highest BCUT2D eigenvalue weighted by Gasteiger charge is 2.16. The lowest BCUT2D eigenvalue weighted by Gasteiger charge is -2.09. The Hall–Kier alpha value is -0.730. The lowest BCUT2D eigenvalue weighted by molar-refractivity contribution is 0.475. The van der Waals surface area contributed by atoms with Crippen LogP contribution in [-0.2, 0) is 0 Å². The van der Waals surface area contributed by atoms with E-state index in [0.717, 1.165) is 19.5 Å². The largest absolute Gasteiger partial charge is 0.506 e. The number of hydrogen-bond donors (Lipinski definition) is 2. The molecule has 0 amide bonds. The summed E-state index contributed by atoms with van der Waals surface area (Å²) in [6.07, 6.45) is 1.15. The monoisotopic (exact) mass is 197 g/mol. The molecule has 0 unspecified atom stereocenters. The van der Waals surface area contributed by atoms with Gasteiger partial charge in [0.1, 0.15) is 5.75 Å². The molecule has 1 saturated heterocycles. The second-order valence-corrected chi connectivity index (χ2v) is 3.81. The van der Waals surface area contributed by atoms with E-state index in [2.05, 4.69) is 5.32 Å². The number of phenolic OH excluding ortho intramolecular Hbond substituents is 1. The fourth-order valence-corrected chi connectivity index (χ4v) is 1.91. The van der Waals surface area contributed by atoms with E-state index >= 15 is 0 Å². The molecule has 0 bridgehead atoms. The van der Waals surface area contributed by atoms with Gasteiger partial charge in [-0.2, -0.15) is 0 Å². The van der Waals surface area contributed by atoms with Crippen molar-refractivity contribution >= 4 is 11.6 Å². The predicted octanol–water partition coefficient (Wildman–Crippen LogP) is 2.12. The van der Waals surface area contributed by atoms with Gasteiger partial charge in [0.05, 0.1) is 5.02 Å². The normalized spacial score (nSPS) is 22.1. The Balaban J connectivity index is 2.25. The Bertz CT molecular complexity index is 308. The van der Waals surface area contributed by atoms with Crippen molar-refractivity contribution in [2.75, 3.05) is 13.1 Å². The minimum atomic E-state index is 0.163. The zero-order chi connectivity index (χ0) is 9.26. The van der Waals surface area contributed by atoms with Crippen LogP contribution in [0.1, 0.15) is 17.9 Å². The van der Waals surface area contributed by atoms with Crippen molar-refractivity contribution in [2.45, 2.75) is 12.3 Å². The molecule has 1 heterocycles. The first-order chi connectivity index (χ1) is 6.27. The van der Waals surface area contributed by atoms with Crippen LogP contribution in [0.25, 0.3) is 0 Å². The SMILES string of the molecule is Oc1ccc([C@H]2CCNC2)cc1Cl. The van der Waals surface area contributed by atoms with E-state index < -0.39 is 0 Å². The molecule has 2 rings (SSSR count). The van der Waals surface area contributed by atoms with Crippen molar-refractivity contribution in [1.82, 2.24) is 5.32 Å². The van der Waals surface area contributed by atoms with Crippen LogP contribution in [0, 0.1) is 0 Å². The van der Waals surface area contributed by atoms with Gasteiger partial charge in [-0.15, -0.1) is 0 Å². The first-order valence-corrected chi connectivity index (χ1v) is 4.84. The third-order valence-corrected chi connectivity index (χ3v) is 2.81. The number of phenols is 1. The molecular formula is C10H12ClNO. The molecule has 0 spiro atoms. The van der Waals surface area contributed by atoms with Crippen molar-refractivity contribution in [3.63, 3.8) is 0 Å². The Morgan fingerprint density at radius 1 is 1.46 bits per heavy atom. The van der Waals surface area contributed by atoms with Crippen LogP contribution in [-0.4, -0.2) is 18.2 Å². The Morgan fingerprint density at radius 2 is 2.31 bits per heavy atom. The summed E-state index contributed by atoms with van der Waals surface area (Å²) in [7, 11) is 0. The molecule has 1 aliphatic heterocycles. The molecule has 70 valence electrons. The number of hydrogen-bond acceptors (Lipinski definition) is 2. The molecule has 1 aromatic rings. The third kappa shape index (κ3) is 1.79. The highest BCUT2D eigenvalue weighted by molar-refractivity contribution is 6.32. The average molecular weight is 198 g/mol. The van der Waals surface area contributed by atoms with Crippen LogP contribution in [0.2, 0.25) is 5.02 Å². The van der Waals surface area contributed by atoms with Crippen LogP contribution >= 0.6 is 11.6 Å². The molecule has 13 heavy (non-hydrogen) atoms. The fraction of sp³-hybridized carbons (Fsp3) is 0.400. The van der Waals surface area contributed by atoms with Crippen molar-refractivity contribution in [3.8, 4) is 5.75 Å². The van der Waals surface area contributed by atoms with Crippen molar-refractivity contribution in [3.05, 3.63) is 28.8 Å². The number of halogens is 1. The maximum atomic E-state index is 9.24. The fourth-order valence-electron chi connectivity index (χ4n) is 1.72. The first-order valence-electron chi connectivity index (χ1n) is 4.46. The molecule has 0 aromatic heterocycles. The summed E-state index contributed by atoms with van der Waals surface area (Å²) in [6.45, 7) is 2.09. The maximum absolute atomic E-state index is 9.24. The average Bonchev–Trinajstić information content (AvgIpc) is 2.62. The standard InChI is InChI=1S/C10H12ClNO/c11-9-5-7(1-2-10(9)13)8-3-4-12-6-8/h1-2,5,8,12-13H,3-4,6H2/t8-/m0/s1. The van der Waals surface area contributed by atoms with E-state index in [-0.39, 0.29) is 5.75 Å². The molecule has 1 aromatic carbocycles. The molecule has 1 aliphatic rings. The van der Waals surface area contributed by atoms with E-state index in [0.29, 0.717) is 10.9 Å². The summed E-state index contributed by atoms with van der Waals surface area (Å²) >= 11 is 5.82. The van der Waals surface area contributed by atoms with Gasteiger partial charge in [-0.1, -0.05) is 17.7 Å². The molecule has 0 saturated carbocycles. The lowest BCUT2D eigenvalue weighted by atomic mass is 9.98. The molecule has 1 fully saturated rings. The second-order valence-electron chi connectivity index (χ2n) is 3.40. The highest BCUT2D eigenvalue weighted by Crippen LogP contribution is 2.29. The number of aromatic hydroxyl groups is 1. The number of benzene rings is 1. The van der Waals surface area contributed by atoms with Crippen LogP contribution in [0.15, 0.2) is 18.2 Å². The third-order valence-electron chi connectivity index (χ3n) is 2.50. The first kappa shape index (κ1) is 8.85. The van der Waals surface area contributed by atoms with Gasteiger partial charge in [0.15, 0.2) is 0 Å². The summed E-state index contributed by atoms with van der Waals surface area (Å²) < 4.78 is 0. The highest BCUT2D eigenvalue weighted by atomic mass is 35.5. The van der Waals surface area contributed by atoms with Crippen LogP contribution in [0.3, 0.4) is 0 Å². The van der Waals surface area contributed by atoms with Gasteiger partial charge in [0, 0.05) is 6.54 Å². The Labute approximate surface area is 82.5 Å². The van der Waals surface area contributed by atoms with E-state index in [1.54, 1.807) is 6.07 Å². The van der Waals surface area contributed by atoms with Crippen molar-refractivity contribution in [2.24, 2.45) is 0 Å². The van der Waals surface area contributed by atoms with Gasteiger partial charge >= 0.3 is 0 Å². The quantitative estimate of drug-likeness (QED) is 0.723. The zero-order valence-corrected chi connectivity index (χ0v) is 8.01.